The number of hydrogen-bond acceptors (Lipinski definition) is 3. The Hall–Kier alpha value is -1.00. The Labute approximate surface area is 126 Å². The first-order valence-electron chi connectivity index (χ1n) is 8.37. The van der Waals surface area contributed by atoms with E-state index in [9.17, 15) is 4.39 Å². The van der Waals surface area contributed by atoms with Crippen LogP contribution in [0.25, 0.3) is 0 Å². The van der Waals surface area contributed by atoms with Gasteiger partial charge in [0.1, 0.15) is 5.82 Å². The zero-order valence-corrected chi connectivity index (χ0v) is 12.9. The molecule has 0 radical (unpaired) electrons. The second kappa shape index (κ2) is 6.84. The van der Waals surface area contributed by atoms with E-state index in [1.807, 2.05) is 6.07 Å². The molecule has 2 unspecified atom stereocenters. The quantitative estimate of drug-likeness (QED) is 0.924. The molecule has 0 bridgehead atoms. The smallest absolute Gasteiger partial charge is 0.141 e. The summed E-state index contributed by atoms with van der Waals surface area (Å²) in [7, 11) is 0. The van der Waals surface area contributed by atoms with Crippen molar-refractivity contribution < 1.29 is 4.39 Å². The molecule has 2 aliphatic heterocycles. The van der Waals surface area contributed by atoms with Crippen LogP contribution >= 0.6 is 0 Å². The lowest BCUT2D eigenvalue weighted by atomic mass is 9.87. The largest absolute Gasteiger partial charge is 0.314 e. The summed E-state index contributed by atoms with van der Waals surface area (Å²) in [6.07, 6.45) is 7.60. The third-order valence-corrected chi connectivity index (χ3v) is 5.16. The molecule has 4 heteroatoms. The first-order chi connectivity index (χ1) is 10.3. The molecule has 2 fully saturated rings. The number of piperidine rings is 1. The van der Waals surface area contributed by atoms with E-state index in [4.69, 9.17) is 0 Å². The first-order valence-corrected chi connectivity index (χ1v) is 8.37. The lowest BCUT2D eigenvalue weighted by Gasteiger charge is -2.38. The number of nitrogens with zero attached hydrogens (tertiary/aromatic N) is 2. The van der Waals surface area contributed by atoms with Crippen LogP contribution in [0.3, 0.4) is 0 Å². The van der Waals surface area contributed by atoms with Crippen molar-refractivity contribution in [2.24, 2.45) is 5.92 Å². The maximum atomic E-state index is 13.0. The summed E-state index contributed by atoms with van der Waals surface area (Å²) >= 11 is 0. The summed E-state index contributed by atoms with van der Waals surface area (Å²) < 4.78 is 13.0. The molecule has 2 aliphatic rings. The molecule has 2 saturated heterocycles. The number of rotatable bonds is 4. The van der Waals surface area contributed by atoms with Gasteiger partial charge >= 0.3 is 0 Å². The van der Waals surface area contributed by atoms with Crippen molar-refractivity contribution in [1.82, 2.24) is 15.2 Å². The van der Waals surface area contributed by atoms with Crippen LogP contribution in [0.15, 0.2) is 18.3 Å². The monoisotopic (exact) mass is 291 g/mol. The third kappa shape index (κ3) is 3.43. The van der Waals surface area contributed by atoms with Gasteiger partial charge in [-0.25, -0.2) is 4.39 Å². The van der Waals surface area contributed by atoms with Crippen LogP contribution in [-0.4, -0.2) is 35.6 Å². The molecule has 1 N–H and O–H groups in total. The third-order valence-electron chi connectivity index (χ3n) is 5.16. The van der Waals surface area contributed by atoms with E-state index < -0.39 is 0 Å². The minimum atomic E-state index is -0.250. The standard InChI is InChI=1S/C17H26FN3/c1-2-17(16-6-5-14(18)12-20-16)21-10-7-13(8-11-21)15-4-3-9-19-15/h5-6,12-13,15,17,19H,2-4,7-11H2,1H3. The predicted octanol–water partition coefficient (Wildman–Crippen LogP) is 3.14. The Balaban J connectivity index is 1.60. The van der Waals surface area contributed by atoms with Gasteiger partial charge in [0, 0.05) is 6.04 Å². The summed E-state index contributed by atoms with van der Waals surface area (Å²) in [5.41, 5.74) is 1.01. The van der Waals surface area contributed by atoms with Crippen LogP contribution in [0.4, 0.5) is 4.39 Å². The Morgan fingerprint density at radius 1 is 1.33 bits per heavy atom. The van der Waals surface area contributed by atoms with Crippen molar-refractivity contribution in [3.63, 3.8) is 0 Å². The van der Waals surface area contributed by atoms with E-state index in [0.29, 0.717) is 6.04 Å². The van der Waals surface area contributed by atoms with Crippen molar-refractivity contribution in [1.29, 1.82) is 0 Å². The molecule has 1 aromatic rings. The van der Waals surface area contributed by atoms with Gasteiger partial charge in [0.05, 0.1) is 17.9 Å². The molecule has 0 aliphatic carbocycles. The highest BCUT2D eigenvalue weighted by atomic mass is 19.1. The minimum absolute atomic E-state index is 0.250. The fraction of sp³-hybridized carbons (Fsp3) is 0.706. The summed E-state index contributed by atoms with van der Waals surface area (Å²) in [4.78, 5) is 6.83. The molecule has 2 atom stereocenters. The molecule has 1 aromatic heterocycles. The number of nitrogens with one attached hydrogen (secondary N) is 1. The van der Waals surface area contributed by atoms with E-state index in [1.54, 1.807) is 0 Å². The summed E-state index contributed by atoms with van der Waals surface area (Å²) in [5.74, 6) is 0.585. The van der Waals surface area contributed by atoms with Crippen LogP contribution in [-0.2, 0) is 0 Å². The van der Waals surface area contributed by atoms with Crippen LogP contribution < -0.4 is 5.32 Å². The minimum Gasteiger partial charge on any atom is -0.314 e. The van der Waals surface area contributed by atoms with Crippen molar-refractivity contribution in [3.8, 4) is 0 Å². The number of pyridine rings is 1. The summed E-state index contributed by atoms with van der Waals surface area (Å²) in [6, 6.07) is 4.45. The van der Waals surface area contributed by atoms with Gasteiger partial charge in [-0.3, -0.25) is 9.88 Å². The molecule has 21 heavy (non-hydrogen) atoms. The first kappa shape index (κ1) is 14.9. The number of aromatic nitrogens is 1. The summed E-state index contributed by atoms with van der Waals surface area (Å²) in [5, 5.41) is 3.65. The van der Waals surface area contributed by atoms with Gasteiger partial charge in [-0.15, -0.1) is 0 Å². The van der Waals surface area contributed by atoms with Crippen molar-refractivity contribution in [2.45, 2.75) is 51.1 Å². The zero-order valence-electron chi connectivity index (χ0n) is 12.9. The summed E-state index contributed by atoms with van der Waals surface area (Å²) in [6.45, 7) is 5.67. The van der Waals surface area contributed by atoms with Crippen LogP contribution in [0, 0.1) is 11.7 Å². The number of likely N-dealkylation sites (tertiary alicyclic amines) is 1. The fourth-order valence-corrected chi connectivity index (χ4v) is 3.99. The second-order valence-electron chi connectivity index (χ2n) is 6.40. The zero-order chi connectivity index (χ0) is 14.7. The van der Waals surface area contributed by atoms with Crippen LogP contribution in [0.1, 0.15) is 50.8 Å². The van der Waals surface area contributed by atoms with E-state index in [0.717, 1.165) is 37.2 Å². The van der Waals surface area contributed by atoms with E-state index in [1.165, 1.54) is 44.5 Å². The van der Waals surface area contributed by atoms with Gasteiger partial charge < -0.3 is 5.32 Å². The molecule has 3 nitrogen and oxygen atoms in total. The average Bonchev–Trinajstić information content (AvgIpc) is 3.05. The maximum absolute atomic E-state index is 13.0. The van der Waals surface area contributed by atoms with Crippen molar-refractivity contribution in [3.05, 3.63) is 29.8 Å². The Bertz CT molecular complexity index is 434. The lowest BCUT2D eigenvalue weighted by Crippen LogP contribution is -2.42. The van der Waals surface area contributed by atoms with Gasteiger partial charge in [-0.05, 0) is 69.8 Å². The second-order valence-corrected chi connectivity index (χ2v) is 6.40. The SMILES string of the molecule is CCC(c1ccc(F)cn1)N1CCC(C2CCCN2)CC1. The topological polar surface area (TPSA) is 28.2 Å². The highest BCUT2D eigenvalue weighted by Gasteiger charge is 2.31. The Morgan fingerprint density at radius 3 is 2.71 bits per heavy atom. The normalized spacial score (nSPS) is 26.1. The molecule has 0 aromatic carbocycles. The molecule has 3 heterocycles. The molecule has 116 valence electrons. The lowest BCUT2D eigenvalue weighted by molar-refractivity contribution is 0.114. The van der Waals surface area contributed by atoms with E-state index >= 15 is 0 Å². The van der Waals surface area contributed by atoms with E-state index in [-0.39, 0.29) is 5.82 Å². The number of halogens is 1. The van der Waals surface area contributed by atoms with Gasteiger partial charge in [0.2, 0.25) is 0 Å². The molecule has 0 spiro atoms. The van der Waals surface area contributed by atoms with Gasteiger partial charge in [-0.1, -0.05) is 6.92 Å². The molecular formula is C17H26FN3. The Morgan fingerprint density at radius 2 is 2.14 bits per heavy atom. The van der Waals surface area contributed by atoms with Crippen molar-refractivity contribution in [2.75, 3.05) is 19.6 Å². The van der Waals surface area contributed by atoms with Crippen LogP contribution in [0.2, 0.25) is 0 Å². The molecule has 3 rings (SSSR count). The van der Waals surface area contributed by atoms with Crippen molar-refractivity contribution >= 4 is 0 Å². The predicted molar refractivity (Wildman–Crippen MR) is 82.5 cm³/mol. The average molecular weight is 291 g/mol. The highest BCUT2D eigenvalue weighted by molar-refractivity contribution is 5.10. The van der Waals surface area contributed by atoms with Gasteiger partial charge in [0.25, 0.3) is 0 Å². The van der Waals surface area contributed by atoms with E-state index in [2.05, 4.69) is 22.1 Å². The Kier molecular flexibility index (Phi) is 4.86. The van der Waals surface area contributed by atoms with Crippen LogP contribution in [0.5, 0.6) is 0 Å². The molecule has 0 saturated carbocycles. The maximum Gasteiger partial charge on any atom is 0.141 e. The van der Waals surface area contributed by atoms with Gasteiger partial charge in [-0.2, -0.15) is 0 Å². The highest BCUT2D eigenvalue weighted by Crippen LogP contribution is 2.31. The number of hydrogen-bond donors (Lipinski definition) is 1. The molecule has 0 amide bonds. The van der Waals surface area contributed by atoms with Gasteiger partial charge in [0.15, 0.2) is 0 Å². The molecular weight excluding hydrogens is 265 g/mol. The fourth-order valence-electron chi connectivity index (χ4n) is 3.99.